The Morgan fingerprint density at radius 3 is 2.36 bits per heavy atom. The first-order valence-electron chi connectivity index (χ1n) is 10.2. The van der Waals surface area contributed by atoms with E-state index in [1.54, 1.807) is 18.3 Å². The Morgan fingerprint density at radius 1 is 1.11 bits per heavy atom. The second kappa shape index (κ2) is 9.13. The number of halogens is 1. The molecule has 1 aliphatic rings. The molecular formula is C22H29FN4O. The van der Waals surface area contributed by atoms with Gasteiger partial charge in [0.2, 0.25) is 0 Å². The van der Waals surface area contributed by atoms with Gasteiger partial charge in [-0.05, 0) is 51.0 Å². The number of amides is 1. The van der Waals surface area contributed by atoms with E-state index in [-0.39, 0.29) is 17.8 Å². The summed E-state index contributed by atoms with van der Waals surface area (Å²) >= 11 is 0. The molecule has 6 heteroatoms. The van der Waals surface area contributed by atoms with Gasteiger partial charge >= 0.3 is 0 Å². The van der Waals surface area contributed by atoms with Crippen molar-refractivity contribution in [2.75, 3.05) is 25.0 Å². The predicted octanol–water partition coefficient (Wildman–Crippen LogP) is 4.53. The van der Waals surface area contributed by atoms with Gasteiger partial charge in [-0.15, -0.1) is 0 Å². The number of carbonyl (C=O) groups excluding carboxylic acids is 1. The highest BCUT2D eigenvalue weighted by atomic mass is 19.1. The van der Waals surface area contributed by atoms with Crippen molar-refractivity contribution in [2.45, 2.75) is 52.0 Å². The molecule has 150 valence electrons. The Kier molecular flexibility index (Phi) is 6.60. The van der Waals surface area contributed by atoms with Crippen LogP contribution in [0.4, 0.5) is 10.2 Å². The first kappa shape index (κ1) is 20.2. The van der Waals surface area contributed by atoms with Gasteiger partial charge in [0.25, 0.3) is 5.91 Å². The van der Waals surface area contributed by atoms with Crippen LogP contribution in [0, 0.1) is 5.82 Å². The second-order valence-electron chi connectivity index (χ2n) is 7.32. The number of hydrogen-bond acceptors (Lipinski definition) is 4. The Balaban J connectivity index is 1.97. The minimum Gasteiger partial charge on any atom is -0.356 e. The fourth-order valence-corrected chi connectivity index (χ4v) is 3.85. The Bertz CT molecular complexity index is 799. The molecule has 28 heavy (non-hydrogen) atoms. The standard InChI is InChI=1S/C22H29FN4O/c1-4-27(5-2)21-19(22(28)26(3)18-9-7-6-8-10-18)15-24-20(25-21)16-11-13-17(23)14-12-16/h11-15,18H,4-10H2,1-3H3. The Hall–Kier alpha value is -2.50. The number of hydrogen-bond donors (Lipinski definition) is 0. The lowest BCUT2D eigenvalue weighted by atomic mass is 9.94. The van der Waals surface area contributed by atoms with E-state index in [1.807, 2.05) is 25.8 Å². The molecule has 5 nitrogen and oxygen atoms in total. The Labute approximate surface area is 166 Å². The van der Waals surface area contributed by atoms with Crippen LogP contribution in [-0.4, -0.2) is 47.0 Å². The maximum absolute atomic E-state index is 13.3. The molecule has 3 rings (SSSR count). The van der Waals surface area contributed by atoms with E-state index >= 15 is 0 Å². The van der Waals surface area contributed by atoms with Crippen molar-refractivity contribution in [1.29, 1.82) is 0 Å². The average molecular weight is 384 g/mol. The van der Waals surface area contributed by atoms with Crippen molar-refractivity contribution >= 4 is 11.7 Å². The molecule has 0 atom stereocenters. The van der Waals surface area contributed by atoms with Crippen LogP contribution in [0.25, 0.3) is 11.4 Å². The van der Waals surface area contributed by atoms with Crippen LogP contribution in [0.5, 0.6) is 0 Å². The molecule has 0 saturated heterocycles. The largest absolute Gasteiger partial charge is 0.356 e. The van der Waals surface area contributed by atoms with Crippen LogP contribution in [0.15, 0.2) is 30.5 Å². The van der Waals surface area contributed by atoms with Crippen molar-refractivity contribution in [3.8, 4) is 11.4 Å². The molecule has 1 amide bonds. The van der Waals surface area contributed by atoms with Crippen LogP contribution >= 0.6 is 0 Å². The van der Waals surface area contributed by atoms with Crippen LogP contribution in [0.1, 0.15) is 56.3 Å². The third kappa shape index (κ3) is 4.32. The minimum absolute atomic E-state index is 0.0283. The number of aromatic nitrogens is 2. The summed E-state index contributed by atoms with van der Waals surface area (Å²) in [5.41, 5.74) is 1.26. The van der Waals surface area contributed by atoms with Gasteiger partial charge in [-0.3, -0.25) is 4.79 Å². The molecule has 1 aromatic heterocycles. The van der Waals surface area contributed by atoms with Crippen molar-refractivity contribution in [1.82, 2.24) is 14.9 Å². The van der Waals surface area contributed by atoms with Gasteiger partial charge in [-0.2, -0.15) is 0 Å². The molecule has 0 aliphatic heterocycles. The summed E-state index contributed by atoms with van der Waals surface area (Å²) in [5.74, 6) is 0.818. The van der Waals surface area contributed by atoms with Crippen LogP contribution in [0.3, 0.4) is 0 Å². The van der Waals surface area contributed by atoms with Crippen LogP contribution in [-0.2, 0) is 0 Å². The van der Waals surface area contributed by atoms with E-state index in [9.17, 15) is 9.18 Å². The molecule has 1 aromatic carbocycles. The second-order valence-corrected chi connectivity index (χ2v) is 7.32. The summed E-state index contributed by atoms with van der Waals surface area (Å²) in [6, 6.07) is 6.39. The summed E-state index contributed by atoms with van der Waals surface area (Å²) in [6.45, 7) is 5.57. The Morgan fingerprint density at radius 2 is 1.75 bits per heavy atom. The highest BCUT2D eigenvalue weighted by Gasteiger charge is 2.27. The van der Waals surface area contributed by atoms with Crippen molar-refractivity contribution in [3.63, 3.8) is 0 Å². The fourth-order valence-electron chi connectivity index (χ4n) is 3.85. The predicted molar refractivity (Wildman–Crippen MR) is 110 cm³/mol. The van der Waals surface area contributed by atoms with Crippen LogP contribution in [0.2, 0.25) is 0 Å². The maximum Gasteiger partial charge on any atom is 0.259 e. The normalized spacial score (nSPS) is 14.7. The molecule has 1 saturated carbocycles. The van der Waals surface area contributed by atoms with Crippen molar-refractivity contribution < 1.29 is 9.18 Å². The molecule has 0 unspecified atom stereocenters. The molecule has 1 heterocycles. The SMILES string of the molecule is CCN(CC)c1nc(-c2ccc(F)cc2)ncc1C(=O)N(C)C1CCCCC1. The first-order valence-corrected chi connectivity index (χ1v) is 10.2. The summed E-state index contributed by atoms with van der Waals surface area (Å²) in [5, 5.41) is 0. The van der Waals surface area contributed by atoms with Gasteiger partial charge in [0.05, 0.1) is 0 Å². The number of benzene rings is 1. The van der Waals surface area contributed by atoms with E-state index < -0.39 is 0 Å². The maximum atomic E-state index is 13.3. The van der Waals surface area contributed by atoms with E-state index in [0.717, 1.165) is 31.5 Å². The number of carbonyl (C=O) groups is 1. The lowest BCUT2D eigenvalue weighted by Gasteiger charge is -2.32. The van der Waals surface area contributed by atoms with Crippen molar-refractivity contribution in [2.24, 2.45) is 0 Å². The van der Waals surface area contributed by atoms with Crippen LogP contribution < -0.4 is 4.90 Å². The van der Waals surface area contributed by atoms with Gasteiger partial charge in [0.1, 0.15) is 17.2 Å². The van der Waals surface area contributed by atoms with Gasteiger partial charge in [0, 0.05) is 37.9 Å². The van der Waals surface area contributed by atoms with Gasteiger partial charge < -0.3 is 9.80 Å². The zero-order chi connectivity index (χ0) is 20.1. The average Bonchev–Trinajstić information content (AvgIpc) is 2.75. The summed E-state index contributed by atoms with van der Waals surface area (Å²) in [7, 11) is 1.89. The zero-order valence-electron chi connectivity index (χ0n) is 17.0. The number of nitrogens with zero attached hydrogens (tertiary/aromatic N) is 4. The molecule has 0 bridgehead atoms. The lowest BCUT2D eigenvalue weighted by Crippen LogP contribution is -2.39. The third-order valence-corrected chi connectivity index (χ3v) is 5.61. The smallest absolute Gasteiger partial charge is 0.259 e. The van der Waals surface area contributed by atoms with E-state index in [4.69, 9.17) is 4.98 Å². The van der Waals surface area contributed by atoms with Crippen molar-refractivity contribution in [3.05, 3.63) is 41.8 Å². The fraction of sp³-hybridized carbons (Fsp3) is 0.500. The van der Waals surface area contributed by atoms with E-state index in [0.29, 0.717) is 17.2 Å². The monoisotopic (exact) mass is 384 g/mol. The topological polar surface area (TPSA) is 49.3 Å². The number of anilines is 1. The lowest BCUT2D eigenvalue weighted by molar-refractivity contribution is 0.0696. The quantitative estimate of drug-likeness (QED) is 0.734. The summed E-state index contributed by atoms with van der Waals surface area (Å²) in [4.78, 5) is 26.3. The zero-order valence-corrected chi connectivity index (χ0v) is 17.0. The van der Waals surface area contributed by atoms with Gasteiger partial charge in [0.15, 0.2) is 5.82 Å². The molecule has 1 aliphatic carbocycles. The third-order valence-electron chi connectivity index (χ3n) is 5.61. The summed E-state index contributed by atoms with van der Waals surface area (Å²) in [6.07, 6.45) is 7.32. The molecule has 0 N–H and O–H groups in total. The first-order chi connectivity index (χ1) is 13.5. The molecular weight excluding hydrogens is 355 g/mol. The van der Waals surface area contributed by atoms with Gasteiger partial charge in [-0.25, -0.2) is 14.4 Å². The molecule has 2 aromatic rings. The van der Waals surface area contributed by atoms with E-state index in [1.165, 1.54) is 31.4 Å². The minimum atomic E-state index is -0.298. The summed E-state index contributed by atoms with van der Waals surface area (Å²) < 4.78 is 13.3. The molecule has 1 fully saturated rings. The highest BCUT2D eigenvalue weighted by Crippen LogP contribution is 2.27. The molecule has 0 radical (unpaired) electrons. The van der Waals surface area contributed by atoms with E-state index in [2.05, 4.69) is 9.88 Å². The van der Waals surface area contributed by atoms with Gasteiger partial charge in [-0.1, -0.05) is 19.3 Å². The number of rotatable bonds is 6. The molecule has 0 spiro atoms. The highest BCUT2D eigenvalue weighted by molar-refractivity contribution is 5.99.